The second kappa shape index (κ2) is 4.92. The van der Waals surface area contributed by atoms with Crippen LogP contribution in [0, 0.1) is 6.92 Å². The highest BCUT2D eigenvalue weighted by atomic mass is 32.2. The zero-order valence-corrected chi connectivity index (χ0v) is 12.5. The van der Waals surface area contributed by atoms with Crippen molar-refractivity contribution in [3.8, 4) is 0 Å². The lowest BCUT2D eigenvalue weighted by atomic mass is 10.3. The molecule has 3 rings (SSSR count). The molecule has 108 valence electrons. The standard InChI is InChI=1S/C11H14N4O3S2/c1-8-6-19-9(5-16)11(8)20(17,18)15-3-2-14-7-12-13-10(14)4-15/h6-7,16H,2-5H2,1H3. The molecule has 0 unspecified atom stereocenters. The number of aliphatic hydroxyl groups is 1. The molecule has 0 radical (unpaired) electrons. The molecule has 2 aromatic rings. The molecule has 0 saturated heterocycles. The Kier molecular flexibility index (Phi) is 3.36. The van der Waals surface area contributed by atoms with E-state index in [0.29, 0.717) is 29.4 Å². The van der Waals surface area contributed by atoms with Gasteiger partial charge in [0, 0.05) is 13.1 Å². The summed E-state index contributed by atoms with van der Waals surface area (Å²) in [5.74, 6) is 0.637. The first-order chi connectivity index (χ1) is 9.54. The van der Waals surface area contributed by atoms with E-state index >= 15 is 0 Å². The molecule has 9 heteroatoms. The maximum atomic E-state index is 12.7. The SMILES string of the molecule is Cc1csc(CO)c1S(=O)(=O)N1CCn2cnnc2C1. The molecule has 0 amide bonds. The fourth-order valence-electron chi connectivity index (χ4n) is 2.32. The highest BCUT2D eigenvalue weighted by molar-refractivity contribution is 7.89. The fraction of sp³-hybridized carbons (Fsp3) is 0.455. The van der Waals surface area contributed by atoms with E-state index in [0.717, 1.165) is 0 Å². The van der Waals surface area contributed by atoms with Crippen LogP contribution in [0.4, 0.5) is 0 Å². The molecule has 2 aromatic heterocycles. The van der Waals surface area contributed by atoms with E-state index in [4.69, 9.17) is 0 Å². The summed E-state index contributed by atoms with van der Waals surface area (Å²) in [6, 6.07) is 0. The maximum absolute atomic E-state index is 12.7. The summed E-state index contributed by atoms with van der Waals surface area (Å²) < 4.78 is 28.7. The van der Waals surface area contributed by atoms with Crippen LogP contribution in [-0.4, -0.2) is 39.1 Å². The van der Waals surface area contributed by atoms with Gasteiger partial charge in [-0.1, -0.05) is 0 Å². The Bertz CT molecular complexity index is 735. The summed E-state index contributed by atoms with van der Waals surface area (Å²) in [4.78, 5) is 0.715. The van der Waals surface area contributed by atoms with Crippen molar-refractivity contribution in [1.29, 1.82) is 0 Å². The summed E-state index contributed by atoms with van der Waals surface area (Å²) in [5.41, 5.74) is 0.672. The van der Waals surface area contributed by atoms with Gasteiger partial charge in [-0.3, -0.25) is 0 Å². The highest BCUT2D eigenvalue weighted by Gasteiger charge is 2.32. The van der Waals surface area contributed by atoms with Gasteiger partial charge in [-0.15, -0.1) is 21.5 Å². The molecule has 0 fully saturated rings. The second-order valence-electron chi connectivity index (χ2n) is 4.61. The van der Waals surface area contributed by atoms with Crippen LogP contribution in [-0.2, 0) is 29.7 Å². The average Bonchev–Trinajstić information content (AvgIpc) is 3.03. The van der Waals surface area contributed by atoms with Gasteiger partial charge in [0.05, 0.1) is 18.0 Å². The average molecular weight is 314 g/mol. The fourth-order valence-corrected chi connectivity index (χ4v) is 5.32. The van der Waals surface area contributed by atoms with Gasteiger partial charge < -0.3 is 9.67 Å². The van der Waals surface area contributed by atoms with Gasteiger partial charge >= 0.3 is 0 Å². The number of fused-ring (bicyclic) bond motifs is 1. The molecule has 0 spiro atoms. The first-order valence-electron chi connectivity index (χ1n) is 6.08. The molecule has 0 bridgehead atoms. The van der Waals surface area contributed by atoms with Gasteiger partial charge in [-0.2, -0.15) is 4.31 Å². The van der Waals surface area contributed by atoms with Crippen LogP contribution < -0.4 is 0 Å². The zero-order valence-electron chi connectivity index (χ0n) is 10.9. The van der Waals surface area contributed by atoms with Gasteiger partial charge in [-0.25, -0.2) is 8.42 Å². The van der Waals surface area contributed by atoms with Crippen molar-refractivity contribution in [1.82, 2.24) is 19.1 Å². The Balaban J connectivity index is 1.99. The smallest absolute Gasteiger partial charge is 0.245 e. The molecule has 7 nitrogen and oxygen atoms in total. The Morgan fingerprint density at radius 1 is 1.45 bits per heavy atom. The van der Waals surface area contributed by atoms with Crippen LogP contribution >= 0.6 is 11.3 Å². The predicted octanol–water partition coefficient (Wildman–Crippen LogP) is 0.345. The lowest BCUT2D eigenvalue weighted by Crippen LogP contribution is -2.38. The van der Waals surface area contributed by atoms with E-state index in [-0.39, 0.29) is 18.0 Å². The molecule has 3 heterocycles. The predicted molar refractivity (Wildman–Crippen MR) is 72.6 cm³/mol. The quantitative estimate of drug-likeness (QED) is 0.883. The number of nitrogens with zero attached hydrogens (tertiary/aromatic N) is 4. The monoisotopic (exact) mass is 314 g/mol. The highest BCUT2D eigenvalue weighted by Crippen LogP contribution is 2.30. The summed E-state index contributed by atoms with van der Waals surface area (Å²) in [6.07, 6.45) is 1.61. The van der Waals surface area contributed by atoms with Gasteiger partial charge in [0.25, 0.3) is 0 Å². The third kappa shape index (κ3) is 2.06. The number of sulfonamides is 1. The number of thiophene rings is 1. The Morgan fingerprint density at radius 3 is 3.00 bits per heavy atom. The summed E-state index contributed by atoms with van der Waals surface area (Å²) in [7, 11) is -3.61. The van der Waals surface area contributed by atoms with E-state index in [2.05, 4.69) is 10.2 Å². The van der Waals surface area contributed by atoms with Gasteiger partial charge in [0.2, 0.25) is 10.0 Å². The Labute approximate surface area is 120 Å². The molecular formula is C11H14N4O3S2. The minimum atomic E-state index is -3.61. The second-order valence-corrected chi connectivity index (χ2v) is 7.45. The minimum absolute atomic E-state index is 0.211. The van der Waals surface area contributed by atoms with Crippen molar-refractivity contribution in [2.24, 2.45) is 0 Å². The van der Waals surface area contributed by atoms with Crippen molar-refractivity contribution in [2.45, 2.75) is 31.5 Å². The van der Waals surface area contributed by atoms with Gasteiger partial charge in [-0.05, 0) is 17.9 Å². The maximum Gasteiger partial charge on any atom is 0.245 e. The molecule has 20 heavy (non-hydrogen) atoms. The molecule has 1 aliphatic heterocycles. The molecule has 0 saturated carbocycles. The van der Waals surface area contributed by atoms with Crippen LogP contribution in [0.2, 0.25) is 0 Å². The molecule has 0 aliphatic carbocycles. The number of hydrogen-bond donors (Lipinski definition) is 1. The Morgan fingerprint density at radius 2 is 2.25 bits per heavy atom. The van der Waals surface area contributed by atoms with E-state index in [1.807, 2.05) is 4.57 Å². The molecular weight excluding hydrogens is 300 g/mol. The summed E-state index contributed by atoms with van der Waals surface area (Å²) in [5, 5.41) is 18.8. The van der Waals surface area contributed by atoms with Crippen molar-refractivity contribution in [2.75, 3.05) is 6.54 Å². The first-order valence-corrected chi connectivity index (χ1v) is 8.40. The lowest BCUT2D eigenvalue weighted by Gasteiger charge is -2.26. The normalized spacial score (nSPS) is 16.3. The van der Waals surface area contributed by atoms with E-state index < -0.39 is 10.0 Å². The van der Waals surface area contributed by atoms with Crippen LogP contribution in [0.15, 0.2) is 16.6 Å². The van der Waals surface area contributed by atoms with Crippen LogP contribution in [0.25, 0.3) is 0 Å². The number of aliphatic hydroxyl groups excluding tert-OH is 1. The number of rotatable bonds is 3. The number of hydrogen-bond acceptors (Lipinski definition) is 6. The lowest BCUT2D eigenvalue weighted by molar-refractivity contribution is 0.281. The zero-order chi connectivity index (χ0) is 14.3. The van der Waals surface area contributed by atoms with Crippen LogP contribution in [0.5, 0.6) is 0 Å². The van der Waals surface area contributed by atoms with Gasteiger partial charge in [0.1, 0.15) is 17.0 Å². The first kappa shape index (κ1) is 13.7. The minimum Gasteiger partial charge on any atom is -0.391 e. The van der Waals surface area contributed by atoms with Crippen LogP contribution in [0.3, 0.4) is 0 Å². The van der Waals surface area contributed by atoms with Crippen molar-refractivity contribution in [3.63, 3.8) is 0 Å². The summed E-state index contributed by atoms with van der Waals surface area (Å²) >= 11 is 1.27. The molecule has 0 aromatic carbocycles. The summed E-state index contributed by atoms with van der Waals surface area (Å²) in [6.45, 7) is 2.61. The van der Waals surface area contributed by atoms with Crippen LogP contribution in [0.1, 0.15) is 16.3 Å². The molecule has 1 N–H and O–H groups in total. The van der Waals surface area contributed by atoms with E-state index in [1.54, 1.807) is 18.6 Å². The number of aromatic nitrogens is 3. The van der Waals surface area contributed by atoms with Gasteiger partial charge in [0.15, 0.2) is 0 Å². The van der Waals surface area contributed by atoms with Crippen molar-refractivity contribution < 1.29 is 13.5 Å². The Hall–Kier alpha value is -1.29. The molecule has 0 atom stereocenters. The van der Waals surface area contributed by atoms with Crippen molar-refractivity contribution in [3.05, 3.63) is 28.0 Å². The third-order valence-corrected chi connectivity index (χ3v) is 6.63. The largest absolute Gasteiger partial charge is 0.391 e. The third-order valence-electron chi connectivity index (χ3n) is 3.33. The topological polar surface area (TPSA) is 88.3 Å². The van der Waals surface area contributed by atoms with E-state index in [1.165, 1.54) is 15.6 Å². The van der Waals surface area contributed by atoms with Crippen molar-refractivity contribution >= 4 is 21.4 Å². The molecule has 1 aliphatic rings. The van der Waals surface area contributed by atoms with E-state index in [9.17, 15) is 13.5 Å². The number of aryl methyl sites for hydroxylation is 1.